The minimum Gasteiger partial charge on any atom is -0.494 e. The Labute approximate surface area is 121 Å². The van der Waals surface area contributed by atoms with Crippen LogP contribution >= 0.6 is 0 Å². The second-order valence-corrected chi connectivity index (χ2v) is 5.48. The number of hydrogen-bond donors (Lipinski definition) is 1. The van der Waals surface area contributed by atoms with Crippen LogP contribution < -0.4 is 15.2 Å². The van der Waals surface area contributed by atoms with Crippen molar-refractivity contribution in [3.63, 3.8) is 0 Å². The van der Waals surface area contributed by atoms with Crippen molar-refractivity contribution >= 4 is 0 Å². The molecule has 0 spiro atoms. The summed E-state index contributed by atoms with van der Waals surface area (Å²) < 4.78 is 11.2. The Balaban J connectivity index is 1.70. The zero-order valence-corrected chi connectivity index (χ0v) is 12.5. The third kappa shape index (κ3) is 4.39. The summed E-state index contributed by atoms with van der Waals surface area (Å²) in [5.74, 6) is 2.41. The first-order valence-corrected chi connectivity index (χ1v) is 7.52. The molecule has 2 unspecified atom stereocenters. The zero-order chi connectivity index (χ0) is 14.4. The second-order valence-electron chi connectivity index (χ2n) is 5.48. The molecule has 1 aliphatic rings. The number of rotatable bonds is 6. The highest BCUT2D eigenvalue weighted by molar-refractivity contribution is 5.31. The molecule has 0 bridgehead atoms. The van der Waals surface area contributed by atoms with Crippen LogP contribution in [0.3, 0.4) is 0 Å². The second kappa shape index (κ2) is 7.50. The molecule has 1 aliphatic heterocycles. The van der Waals surface area contributed by atoms with Crippen LogP contribution in [0.15, 0.2) is 24.3 Å². The topological polar surface area (TPSA) is 47.7 Å². The van der Waals surface area contributed by atoms with E-state index < -0.39 is 0 Å². The van der Waals surface area contributed by atoms with Crippen LogP contribution in [-0.4, -0.2) is 43.8 Å². The predicted octanol–water partition coefficient (Wildman–Crippen LogP) is 2.13. The fourth-order valence-electron chi connectivity index (χ4n) is 2.46. The van der Waals surface area contributed by atoms with Crippen molar-refractivity contribution in [1.29, 1.82) is 0 Å². The third-order valence-corrected chi connectivity index (χ3v) is 3.91. The van der Waals surface area contributed by atoms with E-state index in [1.807, 2.05) is 31.2 Å². The van der Waals surface area contributed by atoms with Gasteiger partial charge in [0, 0.05) is 19.1 Å². The molecule has 1 saturated heterocycles. The molecule has 0 aliphatic carbocycles. The number of nitrogens with zero attached hydrogens (tertiary/aromatic N) is 1. The quantitative estimate of drug-likeness (QED) is 0.866. The summed E-state index contributed by atoms with van der Waals surface area (Å²) in [6.45, 7) is 8.65. The summed E-state index contributed by atoms with van der Waals surface area (Å²) in [5, 5.41) is 0. The van der Waals surface area contributed by atoms with Crippen molar-refractivity contribution in [2.24, 2.45) is 11.7 Å². The van der Waals surface area contributed by atoms with Crippen molar-refractivity contribution in [3.05, 3.63) is 24.3 Å². The molecule has 20 heavy (non-hydrogen) atoms. The lowest BCUT2D eigenvalue weighted by atomic mass is 9.94. The highest BCUT2D eigenvalue weighted by Crippen LogP contribution is 2.18. The molecule has 1 fully saturated rings. The normalized spacial score (nSPS) is 23.6. The van der Waals surface area contributed by atoms with Gasteiger partial charge in [-0.1, -0.05) is 6.92 Å². The SMILES string of the molecule is CCOc1ccc(OCCN2CCC(C)C(N)C2)cc1. The van der Waals surface area contributed by atoms with E-state index in [2.05, 4.69) is 11.8 Å². The van der Waals surface area contributed by atoms with Gasteiger partial charge in [-0.25, -0.2) is 0 Å². The smallest absolute Gasteiger partial charge is 0.119 e. The van der Waals surface area contributed by atoms with Crippen LogP contribution in [-0.2, 0) is 0 Å². The van der Waals surface area contributed by atoms with Crippen molar-refractivity contribution in [3.8, 4) is 11.5 Å². The van der Waals surface area contributed by atoms with Crippen LogP contribution in [0, 0.1) is 5.92 Å². The van der Waals surface area contributed by atoms with Crippen LogP contribution in [0.5, 0.6) is 11.5 Å². The van der Waals surface area contributed by atoms with E-state index in [4.69, 9.17) is 15.2 Å². The Morgan fingerprint density at radius 3 is 2.45 bits per heavy atom. The largest absolute Gasteiger partial charge is 0.494 e. The van der Waals surface area contributed by atoms with E-state index >= 15 is 0 Å². The monoisotopic (exact) mass is 278 g/mol. The molecule has 1 aromatic rings. The molecular formula is C16H26N2O2. The molecule has 1 aromatic carbocycles. The Morgan fingerprint density at radius 1 is 1.20 bits per heavy atom. The number of piperidine rings is 1. The van der Waals surface area contributed by atoms with Crippen LogP contribution in [0.1, 0.15) is 20.3 Å². The van der Waals surface area contributed by atoms with Gasteiger partial charge in [-0.15, -0.1) is 0 Å². The predicted molar refractivity (Wildman–Crippen MR) is 81.3 cm³/mol. The minimum absolute atomic E-state index is 0.300. The Morgan fingerprint density at radius 2 is 1.85 bits per heavy atom. The van der Waals surface area contributed by atoms with E-state index in [0.29, 0.717) is 25.2 Å². The number of hydrogen-bond acceptors (Lipinski definition) is 4. The fraction of sp³-hybridized carbons (Fsp3) is 0.625. The van der Waals surface area contributed by atoms with Gasteiger partial charge in [0.1, 0.15) is 18.1 Å². The average Bonchev–Trinajstić information content (AvgIpc) is 2.45. The maximum absolute atomic E-state index is 6.10. The average molecular weight is 278 g/mol. The number of ether oxygens (including phenoxy) is 2. The van der Waals surface area contributed by atoms with E-state index in [0.717, 1.165) is 31.1 Å². The number of benzene rings is 1. The molecule has 2 rings (SSSR count). The van der Waals surface area contributed by atoms with Crippen LogP contribution in [0.25, 0.3) is 0 Å². The fourth-order valence-corrected chi connectivity index (χ4v) is 2.46. The molecule has 1 heterocycles. The lowest BCUT2D eigenvalue weighted by Gasteiger charge is -2.34. The van der Waals surface area contributed by atoms with Gasteiger partial charge in [0.15, 0.2) is 0 Å². The minimum atomic E-state index is 0.300. The Bertz CT molecular complexity index is 394. The van der Waals surface area contributed by atoms with Gasteiger partial charge in [0.2, 0.25) is 0 Å². The summed E-state index contributed by atoms with van der Waals surface area (Å²) in [6.07, 6.45) is 1.18. The Kier molecular flexibility index (Phi) is 5.68. The molecule has 112 valence electrons. The maximum Gasteiger partial charge on any atom is 0.119 e. The van der Waals surface area contributed by atoms with Gasteiger partial charge >= 0.3 is 0 Å². The van der Waals surface area contributed by atoms with E-state index in [1.54, 1.807) is 0 Å². The first kappa shape index (κ1) is 15.1. The van der Waals surface area contributed by atoms with Crippen LogP contribution in [0.2, 0.25) is 0 Å². The van der Waals surface area contributed by atoms with Gasteiger partial charge < -0.3 is 15.2 Å². The number of nitrogens with two attached hydrogens (primary N) is 1. The lowest BCUT2D eigenvalue weighted by Crippen LogP contribution is -2.48. The van der Waals surface area contributed by atoms with E-state index in [-0.39, 0.29) is 0 Å². The molecular weight excluding hydrogens is 252 g/mol. The zero-order valence-electron chi connectivity index (χ0n) is 12.5. The van der Waals surface area contributed by atoms with Gasteiger partial charge in [-0.2, -0.15) is 0 Å². The van der Waals surface area contributed by atoms with Crippen molar-refractivity contribution in [2.75, 3.05) is 32.8 Å². The molecule has 2 atom stereocenters. The first-order valence-electron chi connectivity index (χ1n) is 7.52. The number of likely N-dealkylation sites (tertiary alicyclic amines) is 1. The summed E-state index contributed by atoms with van der Waals surface area (Å²) >= 11 is 0. The molecule has 0 saturated carbocycles. The van der Waals surface area contributed by atoms with Crippen LogP contribution in [0.4, 0.5) is 0 Å². The third-order valence-electron chi connectivity index (χ3n) is 3.91. The van der Waals surface area contributed by atoms with Gasteiger partial charge in [0.25, 0.3) is 0 Å². The molecule has 4 heteroatoms. The van der Waals surface area contributed by atoms with Gasteiger partial charge in [0.05, 0.1) is 6.61 Å². The molecule has 0 aromatic heterocycles. The summed E-state index contributed by atoms with van der Waals surface area (Å²) in [4.78, 5) is 2.39. The standard InChI is InChI=1S/C16H26N2O2/c1-3-19-14-4-6-15(7-5-14)20-11-10-18-9-8-13(2)16(17)12-18/h4-7,13,16H,3,8-12,17H2,1-2H3. The van der Waals surface area contributed by atoms with Gasteiger partial charge in [-0.05, 0) is 50.1 Å². The molecule has 0 radical (unpaired) electrons. The summed E-state index contributed by atoms with van der Waals surface area (Å²) in [5.41, 5.74) is 6.10. The van der Waals surface area contributed by atoms with E-state index in [1.165, 1.54) is 6.42 Å². The maximum atomic E-state index is 6.10. The highest BCUT2D eigenvalue weighted by Gasteiger charge is 2.22. The van der Waals surface area contributed by atoms with Crippen molar-refractivity contribution in [1.82, 2.24) is 4.90 Å². The van der Waals surface area contributed by atoms with Crippen molar-refractivity contribution < 1.29 is 9.47 Å². The summed E-state index contributed by atoms with van der Waals surface area (Å²) in [7, 11) is 0. The Hall–Kier alpha value is -1.26. The molecule has 4 nitrogen and oxygen atoms in total. The summed E-state index contributed by atoms with van der Waals surface area (Å²) in [6, 6.07) is 8.09. The van der Waals surface area contributed by atoms with Gasteiger partial charge in [-0.3, -0.25) is 4.90 Å². The molecule has 2 N–H and O–H groups in total. The van der Waals surface area contributed by atoms with E-state index in [9.17, 15) is 0 Å². The highest BCUT2D eigenvalue weighted by atomic mass is 16.5. The lowest BCUT2D eigenvalue weighted by molar-refractivity contribution is 0.143. The van der Waals surface area contributed by atoms with Crippen molar-refractivity contribution in [2.45, 2.75) is 26.3 Å². The molecule has 0 amide bonds. The first-order chi connectivity index (χ1) is 9.69.